The van der Waals surface area contributed by atoms with Crippen LogP contribution in [-0.2, 0) is 16.5 Å². The Morgan fingerprint density at radius 2 is 1.72 bits per heavy atom. The lowest BCUT2D eigenvalue weighted by atomic mass is 10.0. The van der Waals surface area contributed by atoms with Crippen molar-refractivity contribution in [3.8, 4) is 0 Å². The lowest BCUT2D eigenvalue weighted by Gasteiger charge is -2.22. The monoisotopic (exact) mass is 400 g/mol. The van der Waals surface area contributed by atoms with E-state index in [0.717, 1.165) is 0 Å². The van der Waals surface area contributed by atoms with Gasteiger partial charge in [-0.3, -0.25) is 9.59 Å². The highest BCUT2D eigenvalue weighted by Gasteiger charge is 2.27. The van der Waals surface area contributed by atoms with E-state index in [9.17, 15) is 14.4 Å². The first-order valence-corrected chi connectivity index (χ1v) is 9.44. The summed E-state index contributed by atoms with van der Waals surface area (Å²) in [6.07, 6.45) is 0.614. The smallest absolute Gasteiger partial charge is 0.354 e. The predicted octanol–water partition coefficient (Wildman–Crippen LogP) is 2.79. The van der Waals surface area contributed by atoms with E-state index in [1.165, 1.54) is 12.0 Å². The molecule has 0 saturated heterocycles. The molecule has 0 saturated carbocycles. The van der Waals surface area contributed by atoms with Crippen LogP contribution in [0.4, 0.5) is 0 Å². The molecule has 0 aliphatic carbocycles. The first-order valence-electron chi connectivity index (χ1n) is 9.44. The molecule has 7 heteroatoms. The van der Waals surface area contributed by atoms with Gasteiger partial charge in [-0.15, -0.1) is 0 Å². The Hall–Kier alpha value is -2.93. The molecule has 156 valence electrons. The number of carbonyl (C=O) groups is 3. The zero-order valence-corrected chi connectivity index (χ0v) is 17.7. The zero-order chi connectivity index (χ0) is 21.6. The van der Waals surface area contributed by atoms with Crippen LogP contribution in [-0.4, -0.2) is 61.0 Å². The summed E-state index contributed by atoms with van der Waals surface area (Å²) in [6.45, 7) is 4.30. The maximum Gasteiger partial charge on any atom is 0.354 e. The van der Waals surface area contributed by atoms with Gasteiger partial charge in [-0.1, -0.05) is 18.2 Å². The Balaban J connectivity index is 2.32. The topological polar surface area (TPSA) is 77.8 Å². The molecule has 0 fully saturated rings. The van der Waals surface area contributed by atoms with Gasteiger partial charge in [0.15, 0.2) is 5.78 Å². The summed E-state index contributed by atoms with van der Waals surface area (Å²) in [7, 11) is 4.62. The number of benzene rings is 1. The normalized spacial score (nSPS) is 10.7. The van der Waals surface area contributed by atoms with E-state index in [0.29, 0.717) is 47.7 Å². The number of methoxy groups -OCH3 is 2. The van der Waals surface area contributed by atoms with E-state index in [2.05, 4.69) is 0 Å². The molecule has 1 amide bonds. The zero-order valence-electron chi connectivity index (χ0n) is 17.7. The van der Waals surface area contributed by atoms with Crippen molar-refractivity contribution in [2.75, 3.05) is 33.9 Å². The summed E-state index contributed by atoms with van der Waals surface area (Å²) < 4.78 is 11.6. The summed E-state index contributed by atoms with van der Waals surface area (Å²) in [5.74, 6) is -0.925. The van der Waals surface area contributed by atoms with Gasteiger partial charge in [0.2, 0.25) is 0 Å². The van der Waals surface area contributed by atoms with Crippen LogP contribution in [0.1, 0.15) is 48.9 Å². The third-order valence-electron chi connectivity index (χ3n) is 5.01. The molecule has 1 aromatic heterocycles. The van der Waals surface area contributed by atoms with Gasteiger partial charge in [-0.25, -0.2) is 4.79 Å². The summed E-state index contributed by atoms with van der Waals surface area (Å²) in [6, 6.07) is 8.87. The molecule has 2 aromatic rings. The summed E-state index contributed by atoms with van der Waals surface area (Å²) in [5, 5.41) is 0. The van der Waals surface area contributed by atoms with E-state index in [-0.39, 0.29) is 18.2 Å². The van der Waals surface area contributed by atoms with Gasteiger partial charge in [-0.2, -0.15) is 0 Å². The fraction of sp³-hybridized carbons (Fsp3) is 0.409. The van der Waals surface area contributed by atoms with Crippen molar-refractivity contribution in [3.05, 3.63) is 58.4 Å². The number of ketones is 1. The molecule has 2 rings (SSSR count). The highest BCUT2D eigenvalue weighted by molar-refractivity contribution is 6.06. The Kier molecular flexibility index (Phi) is 7.73. The van der Waals surface area contributed by atoms with E-state index >= 15 is 0 Å². The van der Waals surface area contributed by atoms with Crippen molar-refractivity contribution in [1.29, 1.82) is 0 Å². The number of esters is 1. The maximum absolute atomic E-state index is 13.2. The Morgan fingerprint density at radius 3 is 2.31 bits per heavy atom. The Bertz CT molecular complexity index is 886. The number of nitrogens with zero attached hydrogens (tertiary/aromatic N) is 2. The molecule has 1 heterocycles. The fourth-order valence-corrected chi connectivity index (χ4v) is 3.44. The molecule has 0 atom stereocenters. The van der Waals surface area contributed by atoms with Crippen molar-refractivity contribution >= 4 is 17.7 Å². The molecule has 0 spiro atoms. The van der Waals surface area contributed by atoms with Crippen molar-refractivity contribution in [2.45, 2.75) is 20.3 Å². The second-order valence-electron chi connectivity index (χ2n) is 6.85. The maximum atomic E-state index is 13.2. The van der Waals surface area contributed by atoms with Crippen LogP contribution in [0.2, 0.25) is 0 Å². The van der Waals surface area contributed by atoms with Crippen LogP contribution >= 0.6 is 0 Å². The van der Waals surface area contributed by atoms with Crippen LogP contribution in [0.15, 0.2) is 30.3 Å². The molecule has 0 N–H and O–H groups in total. The molecule has 0 bridgehead atoms. The quantitative estimate of drug-likeness (QED) is 0.367. The van der Waals surface area contributed by atoms with Crippen LogP contribution in [0.25, 0.3) is 0 Å². The van der Waals surface area contributed by atoms with Gasteiger partial charge in [-0.05, 0) is 38.0 Å². The lowest BCUT2D eigenvalue weighted by Crippen LogP contribution is -2.37. The van der Waals surface area contributed by atoms with E-state index in [4.69, 9.17) is 9.47 Å². The third kappa shape index (κ3) is 4.92. The van der Waals surface area contributed by atoms with Crippen LogP contribution < -0.4 is 0 Å². The van der Waals surface area contributed by atoms with Crippen LogP contribution in [0.5, 0.6) is 0 Å². The molecule has 7 nitrogen and oxygen atoms in total. The van der Waals surface area contributed by atoms with Crippen LogP contribution in [0.3, 0.4) is 0 Å². The van der Waals surface area contributed by atoms with Gasteiger partial charge in [0.1, 0.15) is 5.69 Å². The van der Waals surface area contributed by atoms with Crippen molar-refractivity contribution in [2.24, 2.45) is 7.05 Å². The lowest BCUT2D eigenvalue weighted by molar-refractivity contribution is 0.0588. The average Bonchev–Trinajstić information content (AvgIpc) is 2.95. The Morgan fingerprint density at radius 1 is 1.07 bits per heavy atom. The molecule has 1 aromatic carbocycles. The van der Waals surface area contributed by atoms with Gasteiger partial charge in [0.05, 0.1) is 13.7 Å². The van der Waals surface area contributed by atoms with Gasteiger partial charge in [0.25, 0.3) is 5.91 Å². The van der Waals surface area contributed by atoms with Gasteiger partial charge < -0.3 is 18.9 Å². The fourth-order valence-electron chi connectivity index (χ4n) is 3.44. The third-order valence-corrected chi connectivity index (χ3v) is 5.01. The molecule has 0 radical (unpaired) electrons. The summed E-state index contributed by atoms with van der Waals surface area (Å²) in [5.41, 5.74) is 2.54. The summed E-state index contributed by atoms with van der Waals surface area (Å²) >= 11 is 0. The first kappa shape index (κ1) is 22.4. The molecule has 29 heavy (non-hydrogen) atoms. The van der Waals surface area contributed by atoms with Gasteiger partial charge in [0, 0.05) is 44.1 Å². The SMILES string of the molecule is COCCCN(CC(=O)c1c(C)c(C(=O)OC)n(C)c1C)C(=O)c1ccccc1. The molecular weight excluding hydrogens is 372 g/mol. The minimum atomic E-state index is -0.496. The van der Waals surface area contributed by atoms with Crippen molar-refractivity contribution in [3.63, 3.8) is 0 Å². The second kappa shape index (κ2) is 10.0. The number of ether oxygens (including phenoxy) is 2. The highest BCUT2D eigenvalue weighted by Crippen LogP contribution is 2.23. The molecule has 0 aliphatic heterocycles. The molecule has 0 aliphatic rings. The highest BCUT2D eigenvalue weighted by atomic mass is 16.5. The minimum Gasteiger partial charge on any atom is -0.464 e. The second-order valence-corrected chi connectivity index (χ2v) is 6.85. The molecular formula is C22H28N2O5. The summed E-state index contributed by atoms with van der Waals surface area (Å²) in [4.78, 5) is 39.7. The van der Waals surface area contributed by atoms with E-state index < -0.39 is 5.97 Å². The first-order chi connectivity index (χ1) is 13.8. The number of amides is 1. The predicted molar refractivity (Wildman–Crippen MR) is 109 cm³/mol. The number of hydrogen-bond donors (Lipinski definition) is 0. The average molecular weight is 400 g/mol. The van der Waals surface area contributed by atoms with Crippen molar-refractivity contribution in [1.82, 2.24) is 9.47 Å². The largest absolute Gasteiger partial charge is 0.464 e. The number of carbonyl (C=O) groups excluding carboxylic acids is 3. The molecule has 0 unspecified atom stereocenters. The van der Waals surface area contributed by atoms with Crippen molar-refractivity contribution < 1.29 is 23.9 Å². The minimum absolute atomic E-state index is 0.0796. The van der Waals surface area contributed by atoms with E-state index in [1.54, 1.807) is 56.8 Å². The number of Topliss-reactive ketones (excluding diaryl/α,β-unsaturated/α-hetero) is 1. The number of aromatic nitrogens is 1. The van der Waals surface area contributed by atoms with Crippen LogP contribution in [0, 0.1) is 13.8 Å². The van der Waals surface area contributed by atoms with E-state index in [1.807, 2.05) is 6.07 Å². The number of rotatable bonds is 9. The standard InChI is InChI=1S/C22H28N2O5/c1-15-19(16(2)23(3)20(15)22(27)29-5)18(25)14-24(12-9-13-28-4)21(26)17-10-7-6-8-11-17/h6-8,10-11H,9,12-14H2,1-5H3. The number of hydrogen-bond acceptors (Lipinski definition) is 5. The Labute approximate surface area is 171 Å². The van der Waals surface area contributed by atoms with Gasteiger partial charge >= 0.3 is 5.97 Å².